The van der Waals surface area contributed by atoms with E-state index in [0.717, 1.165) is 0 Å². The van der Waals surface area contributed by atoms with E-state index in [0.29, 0.717) is 11.1 Å². The Balaban J connectivity index is 2.01. The number of nitrogens with two attached hydrogens (primary N) is 1. The van der Waals surface area contributed by atoms with E-state index in [-0.39, 0.29) is 35.3 Å². The number of aliphatic hydroxyl groups is 3. The summed E-state index contributed by atoms with van der Waals surface area (Å²) in [5.41, 5.74) is 2.65. The molecule has 0 heterocycles. The number of aromatic hydroxyl groups is 1. The molecule has 0 spiro atoms. The standard InChI is InChI=1S/C27H26N2O7/c1-5-7-12-9-13(8-6-2)21(30)18-15(12)10-14-11-16-20(29(3)4)23(32)19(26(28)35)25(34)27(16,36)24(33)17(14)22(18)31/h9,14,16,20,30,32-33,36H,10-11H2,1-4H3,(H2,28,35)/t14-,16-,20-,27+/m0/s1. The van der Waals surface area contributed by atoms with Gasteiger partial charge in [-0.25, -0.2) is 0 Å². The van der Waals surface area contributed by atoms with Gasteiger partial charge in [-0.15, -0.1) is 11.8 Å². The molecule has 1 amide bonds. The van der Waals surface area contributed by atoms with Gasteiger partial charge < -0.3 is 26.2 Å². The number of amides is 1. The quantitative estimate of drug-likeness (QED) is 0.301. The zero-order valence-electron chi connectivity index (χ0n) is 20.3. The van der Waals surface area contributed by atoms with Crippen LogP contribution < -0.4 is 5.73 Å². The number of primary amides is 1. The Kier molecular flexibility index (Phi) is 5.96. The van der Waals surface area contributed by atoms with Gasteiger partial charge in [0.2, 0.25) is 5.78 Å². The third kappa shape index (κ3) is 3.25. The van der Waals surface area contributed by atoms with E-state index < -0.39 is 58.0 Å². The van der Waals surface area contributed by atoms with Crippen molar-refractivity contribution < 1.29 is 34.8 Å². The van der Waals surface area contributed by atoms with E-state index in [4.69, 9.17) is 5.73 Å². The summed E-state index contributed by atoms with van der Waals surface area (Å²) in [6, 6.07) is 0.559. The van der Waals surface area contributed by atoms with Crippen LogP contribution >= 0.6 is 0 Å². The summed E-state index contributed by atoms with van der Waals surface area (Å²) < 4.78 is 0. The van der Waals surface area contributed by atoms with Crippen molar-refractivity contribution in [1.82, 2.24) is 4.90 Å². The number of benzene rings is 1. The molecule has 186 valence electrons. The monoisotopic (exact) mass is 490 g/mol. The molecule has 3 aliphatic rings. The molecule has 0 aromatic heterocycles. The average molecular weight is 491 g/mol. The van der Waals surface area contributed by atoms with Crippen molar-refractivity contribution in [2.45, 2.75) is 38.3 Å². The number of nitrogens with zero attached hydrogens (tertiary/aromatic N) is 1. The van der Waals surface area contributed by atoms with Gasteiger partial charge >= 0.3 is 0 Å². The predicted octanol–water partition coefficient (Wildman–Crippen LogP) is 0.863. The van der Waals surface area contributed by atoms with Gasteiger partial charge in [-0.2, -0.15) is 0 Å². The largest absolute Gasteiger partial charge is 0.510 e. The molecule has 0 aliphatic heterocycles. The van der Waals surface area contributed by atoms with Gasteiger partial charge in [0, 0.05) is 17.1 Å². The lowest BCUT2D eigenvalue weighted by molar-refractivity contribution is -0.148. The molecule has 9 nitrogen and oxygen atoms in total. The van der Waals surface area contributed by atoms with Gasteiger partial charge in [0.15, 0.2) is 11.4 Å². The van der Waals surface area contributed by atoms with Crippen molar-refractivity contribution in [2.75, 3.05) is 14.1 Å². The number of Topliss-reactive ketones (excluding diaryl/α,β-unsaturated/α-hetero) is 2. The highest BCUT2D eigenvalue weighted by atomic mass is 16.3. The van der Waals surface area contributed by atoms with Gasteiger partial charge in [-0.3, -0.25) is 19.3 Å². The number of fused-ring (bicyclic) bond motifs is 3. The van der Waals surface area contributed by atoms with Crippen LogP contribution in [-0.2, 0) is 16.0 Å². The molecular formula is C27H26N2O7. The van der Waals surface area contributed by atoms with Gasteiger partial charge in [0.25, 0.3) is 5.91 Å². The number of hydrogen-bond acceptors (Lipinski definition) is 8. The van der Waals surface area contributed by atoms with Crippen molar-refractivity contribution in [1.29, 1.82) is 0 Å². The first-order valence-corrected chi connectivity index (χ1v) is 11.3. The molecule has 0 unspecified atom stereocenters. The molecule has 6 N–H and O–H groups in total. The summed E-state index contributed by atoms with van der Waals surface area (Å²) in [6.45, 7) is 3.20. The summed E-state index contributed by atoms with van der Waals surface area (Å²) in [5.74, 6) is 4.21. The number of rotatable bonds is 2. The van der Waals surface area contributed by atoms with Gasteiger partial charge in [0.05, 0.1) is 17.2 Å². The second kappa shape index (κ2) is 8.56. The Hall–Kier alpha value is -4.05. The van der Waals surface area contributed by atoms with Crippen LogP contribution in [0, 0.1) is 35.5 Å². The number of phenolic OH excluding ortho intramolecular Hbond substituents is 1. The molecule has 0 saturated carbocycles. The Morgan fingerprint density at radius 1 is 1.11 bits per heavy atom. The summed E-state index contributed by atoms with van der Waals surface area (Å²) in [7, 11) is 3.16. The van der Waals surface area contributed by atoms with Crippen LogP contribution in [0.2, 0.25) is 0 Å². The van der Waals surface area contributed by atoms with E-state index in [1.807, 2.05) is 0 Å². The lowest BCUT2D eigenvalue weighted by Crippen LogP contribution is -2.63. The lowest BCUT2D eigenvalue weighted by Gasteiger charge is -2.50. The fraction of sp³-hybridized carbons (Fsp3) is 0.370. The van der Waals surface area contributed by atoms with Crippen LogP contribution in [0.3, 0.4) is 0 Å². The third-order valence-corrected chi connectivity index (χ3v) is 7.24. The van der Waals surface area contributed by atoms with Crippen molar-refractivity contribution in [3.8, 4) is 29.4 Å². The minimum Gasteiger partial charge on any atom is -0.510 e. The van der Waals surface area contributed by atoms with Crippen molar-refractivity contribution >= 4 is 17.5 Å². The predicted molar refractivity (Wildman–Crippen MR) is 129 cm³/mol. The second-order valence-corrected chi connectivity index (χ2v) is 9.39. The average Bonchev–Trinajstić information content (AvgIpc) is 2.79. The number of likely N-dealkylation sites (N-methyl/N-ethyl adjacent to an activating group) is 1. The van der Waals surface area contributed by atoms with Crippen molar-refractivity contribution in [2.24, 2.45) is 17.6 Å². The molecule has 3 aliphatic carbocycles. The molecule has 1 aromatic rings. The summed E-state index contributed by atoms with van der Waals surface area (Å²) in [4.78, 5) is 40.6. The summed E-state index contributed by atoms with van der Waals surface area (Å²) in [5, 5.41) is 44.7. The molecule has 0 radical (unpaired) electrons. The van der Waals surface area contributed by atoms with E-state index in [1.165, 1.54) is 4.90 Å². The topological polar surface area (TPSA) is 161 Å². The number of hydrogen-bond donors (Lipinski definition) is 5. The molecular weight excluding hydrogens is 464 g/mol. The van der Waals surface area contributed by atoms with Crippen molar-refractivity contribution in [3.63, 3.8) is 0 Å². The normalized spacial score (nSPS) is 26.9. The van der Waals surface area contributed by atoms with Crippen LogP contribution in [-0.4, -0.2) is 68.5 Å². The Morgan fingerprint density at radius 2 is 1.72 bits per heavy atom. The Labute approximate surface area is 207 Å². The summed E-state index contributed by atoms with van der Waals surface area (Å²) in [6.07, 6.45) is 0.188. The minimum absolute atomic E-state index is 0.0159. The van der Waals surface area contributed by atoms with Crippen LogP contribution in [0.1, 0.15) is 47.3 Å². The Bertz CT molecular complexity index is 1430. The Morgan fingerprint density at radius 3 is 2.28 bits per heavy atom. The maximum Gasteiger partial charge on any atom is 0.255 e. The van der Waals surface area contributed by atoms with E-state index in [9.17, 15) is 34.8 Å². The number of ketones is 2. The molecule has 0 bridgehead atoms. The van der Waals surface area contributed by atoms with Gasteiger partial charge in [0.1, 0.15) is 22.8 Å². The fourth-order valence-corrected chi connectivity index (χ4v) is 5.79. The first kappa shape index (κ1) is 25.1. The summed E-state index contributed by atoms with van der Waals surface area (Å²) >= 11 is 0. The second-order valence-electron chi connectivity index (χ2n) is 9.39. The first-order chi connectivity index (χ1) is 16.9. The number of phenols is 1. The zero-order valence-corrected chi connectivity index (χ0v) is 20.3. The van der Waals surface area contributed by atoms with Crippen LogP contribution in [0.25, 0.3) is 0 Å². The number of carbonyl (C=O) groups excluding carboxylic acids is 3. The maximum absolute atomic E-state index is 13.8. The minimum atomic E-state index is -2.67. The van der Waals surface area contributed by atoms with Crippen LogP contribution in [0.15, 0.2) is 28.7 Å². The highest BCUT2D eigenvalue weighted by Gasteiger charge is 2.63. The van der Waals surface area contributed by atoms with E-state index in [2.05, 4.69) is 23.7 Å². The molecule has 1 aromatic carbocycles. The molecule has 0 saturated heterocycles. The highest BCUT2D eigenvalue weighted by Crippen LogP contribution is 2.52. The van der Waals surface area contributed by atoms with Crippen LogP contribution in [0.4, 0.5) is 0 Å². The van der Waals surface area contributed by atoms with E-state index >= 15 is 0 Å². The maximum atomic E-state index is 13.8. The molecule has 0 fully saturated rings. The number of aliphatic hydroxyl groups excluding tert-OH is 2. The number of allylic oxidation sites excluding steroid dienone is 1. The smallest absolute Gasteiger partial charge is 0.255 e. The fourth-order valence-electron chi connectivity index (χ4n) is 5.79. The van der Waals surface area contributed by atoms with E-state index in [1.54, 1.807) is 34.0 Å². The molecule has 36 heavy (non-hydrogen) atoms. The molecule has 4 atom stereocenters. The van der Waals surface area contributed by atoms with Gasteiger partial charge in [-0.05, 0) is 58.3 Å². The number of carbonyl (C=O) groups is 3. The van der Waals surface area contributed by atoms with Gasteiger partial charge in [-0.1, -0.05) is 11.8 Å². The van der Waals surface area contributed by atoms with Crippen LogP contribution in [0.5, 0.6) is 5.75 Å². The first-order valence-electron chi connectivity index (χ1n) is 11.3. The highest BCUT2D eigenvalue weighted by molar-refractivity contribution is 6.24. The molecule has 4 rings (SSSR count). The van der Waals surface area contributed by atoms with Crippen molar-refractivity contribution in [3.05, 3.63) is 51.0 Å². The SMILES string of the molecule is CC#Cc1cc(C#CC)c2c(c1O)C(=O)C1=C(O)[C@@]3(O)C(=O)C(C(N)=O)=C(O)[C@@H](N(C)C)[C@@H]3C[C@@H]1C2. The molecule has 9 heteroatoms. The third-order valence-electron chi connectivity index (χ3n) is 7.24. The lowest BCUT2D eigenvalue weighted by atomic mass is 9.58. The zero-order chi connectivity index (χ0) is 26.7.